The zero-order valence-electron chi connectivity index (χ0n) is 13.3. The first-order chi connectivity index (χ1) is 11.3. The topological polar surface area (TPSA) is 73.9 Å². The number of hydrogen-bond acceptors (Lipinski definition) is 4. The molecule has 1 fully saturated rings. The first-order valence-corrected chi connectivity index (χ1v) is 8.26. The number of rotatable bonds is 6. The van der Waals surface area contributed by atoms with Gasteiger partial charge in [0, 0.05) is 56.1 Å². The molecule has 6 heteroatoms. The van der Waals surface area contributed by atoms with Crippen LogP contribution in [0.15, 0.2) is 30.7 Å². The quantitative estimate of drug-likeness (QED) is 0.800. The molecule has 0 saturated carbocycles. The number of carbonyl (C=O) groups is 1. The lowest BCUT2D eigenvalue weighted by molar-refractivity contribution is -0.130. The van der Waals surface area contributed by atoms with Crippen LogP contribution in [0.5, 0.6) is 0 Å². The van der Waals surface area contributed by atoms with E-state index in [9.17, 15) is 4.79 Å². The standard InChI is InChI=1S/C17H23N5O/c23-16-6-2-1-3-9-22(16)10-8-19-12-15-13-20-21-17(15)14-5-4-7-18-11-14/h4-5,7,11,13,19H,1-3,6,8-10,12H2,(H,20,21). The summed E-state index contributed by atoms with van der Waals surface area (Å²) in [7, 11) is 0. The van der Waals surface area contributed by atoms with Gasteiger partial charge < -0.3 is 10.2 Å². The summed E-state index contributed by atoms with van der Waals surface area (Å²) < 4.78 is 0. The number of nitrogens with zero attached hydrogens (tertiary/aromatic N) is 3. The van der Waals surface area contributed by atoms with Crippen molar-refractivity contribution in [3.05, 3.63) is 36.3 Å². The first kappa shape index (κ1) is 15.7. The molecule has 1 aliphatic heterocycles. The van der Waals surface area contributed by atoms with Crippen molar-refractivity contribution in [2.45, 2.75) is 32.2 Å². The minimum Gasteiger partial charge on any atom is -0.341 e. The van der Waals surface area contributed by atoms with Crippen LogP contribution >= 0.6 is 0 Å². The van der Waals surface area contributed by atoms with E-state index >= 15 is 0 Å². The Balaban J connectivity index is 1.50. The van der Waals surface area contributed by atoms with Gasteiger partial charge in [0.1, 0.15) is 0 Å². The van der Waals surface area contributed by atoms with E-state index in [2.05, 4.69) is 20.5 Å². The molecule has 2 N–H and O–H groups in total. The molecule has 3 heterocycles. The third kappa shape index (κ3) is 4.16. The number of pyridine rings is 1. The second-order valence-electron chi connectivity index (χ2n) is 5.88. The molecule has 0 radical (unpaired) electrons. The van der Waals surface area contributed by atoms with Gasteiger partial charge in [-0.05, 0) is 25.0 Å². The minimum atomic E-state index is 0.295. The van der Waals surface area contributed by atoms with Crippen molar-refractivity contribution in [2.75, 3.05) is 19.6 Å². The highest BCUT2D eigenvalue weighted by Crippen LogP contribution is 2.19. The van der Waals surface area contributed by atoms with Gasteiger partial charge >= 0.3 is 0 Å². The van der Waals surface area contributed by atoms with Crippen molar-refractivity contribution in [1.82, 2.24) is 25.4 Å². The van der Waals surface area contributed by atoms with Crippen LogP contribution in [0.4, 0.5) is 0 Å². The predicted molar refractivity (Wildman–Crippen MR) is 88.6 cm³/mol. The van der Waals surface area contributed by atoms with Crippen LogP contribution in [-0.2, 0) is 11.3 Å². The van der Waals surface area contributed by atoms with E-state index in [1.54, 1.807) is 6.20 Å². The van der Waals surface area contributed by atoms with Crippen LogP contribution in [0.25, 0.3) is 11.3 Å². The lowest BCUT2D eigenvalue weighted by Gasteiger charge is -2.20. The van der Waals surface area contributed by atoms with E-state index in [1.807, 2.05) is 29.4 Å². The fourth-order valence-corrected chi connectivity index (χ4v) is 2.92. The second-order valence-corrected chi connectivity index (χ2v) is 5.88. The maximum atomic E-state index is 12.0. The van der Waals surface area contributed by atoms with E-state index in [4.69, 9.17) is 0 Å². The smallest absolute Gasteiger partial charge is 0.222 e. The maximum absolute atomic E-state index is 12.0. The molecule has 6 nitrogen and oxygen atoms in total. The van der Waals surface area contributed by atoms with Gasteiger partial charge in [0.15, 0.2) is 0 Å². The zero-order valence-corrected chi connectivity index (χ0v) is 13.3. The van der Waals surface area contributed by atoms with Crippen LogP contribution in [0.1, 0.15) is 31.2 Å². The second kappa shape index (κ2) is 7.87. The fraction of sp³-hybridized carbons (Fsp3) is 0.471. The van der Waals surface area contributed by atoms with Gasteiger partial charge in [-0.3, -0.25) is 14.9 Å². The summed E-state index contributed by atoms with van der Waals surface area (Å²) in [4.78, 5) is 18.1. The average molecular weight is 313 g/mol. The predicted octanol–water partition coefficient (Wildman–Crippen LogP) is 1.96. The van der Waals surface area contributed by atoms with E-state index in [0.717, 1.165) is 55.8 Å². The van der Waals surface area contributed by atoms with Gasteiger partial charge in [0.2, 0.25) is 5.91 Å². The highest BCUT2D eigenvalue weighted by molar-refractivity contribution is 5.76. The number of aromatic amines is 1. The molecule has 1 aliphatic rings. The van der Waals surface area contributed by atoms with E-state index in [0.29, 0.717) is 12.3 Å². The van der Waals surface area contributed by atoms with Crippen LogP contribution in [0, 0.1) is 0 Å². The highest BCUT2D eigenvalue weighted by atomic mass is 16.2. The summed E-state index contributed by atoms with van der Waals surface area (Å²) in [6.45, 7) is 3.19. The van der Waals surface area contributed by atoms with Crippen molar-refractivity contribution in [3.8, 4) is 11.3 Å². The number of nitrogens with one attached hydrogen (secondary N) is 2. The van der Waals surface area contributed by atoms with Gasteiger partial charge in [-0.25, -0.2) is 0 Å². The van der Waals surface area contributed by atoms with Gasteiger partial charge in [-0.15, -0.1) is 0 Å². The third-order valence-electron chi connectivity index (χ3n) is 4.21. The van der Waals surface area contributed by atoms with E-state index in [-0.39, 0.29) is 0 Å². The lowest BCUT2D eigenvalue weighted by atomic mass is 10.1. The number of aromatic nitrogens is 3. The van der Waals surface area contributed by atoms with Gasteiger partial charge in [0.25, 0.3) is 0 Å². The zero-order chi connectivity index (χ0) is 15.9. The van der Waals surface area contributed by atoms with Crippen molar-refractivity contribution >= 4 is 5.91 Å². The van der Waals surface area contributed by atoms with Crippen molar-refractivity contribution in [2.24, 2.45) is 0 Å². The first-order valence-electron chi connectivity index (χ1n) is 8.26. The Bertz CT molecular complexity index is 625. The molecule has 0 spiro atoms. The Kier molecular flexibility index (Phi) is 5.37. The van der Waals surface area contributed by atoms with Gasteiger partial charge in [-0.2, -0.15) is 5.10 Å². The molecule has 0 atom stereocenters. The molecule has 0 bridgehead atoms. The average Bonchev–Trinajstić information content (AvgIpc) is 2.96. The SMILES string of the molecule is O=C1CCCCCN1CCNCc1cn[nH]c1-c1cccnc1. The molecule has 122 valence electrons. The molecule has 1 saturated heterocycles. The van der Waals surface area contributed by atoms with Crippen LogP contribution in [-0.4, -0.2) is 45.6 Å². The Morgan fingerprint density at radius 1 is 1.26 bits per heavy atom. The summed E-state index contributed by atoms with van der Waals surface area (Å²) >= 11 is 0. The fourth-order valence-electron chi connectivity index (χ4n) is 2.92. The van der Waals surface area contributed by atoms with Crippen molar-refractivity contribution in [1.29, 1.82) is 0 Å². The van der Waals surface area contributed by atoms with E-state index in [1.165, 1.54) is 6.42 Å². The van der Waals surface area contributed by atoms with Gasteiger partial charge in [-0.1, -0.05) is 6.42 Å². The molecular weight excluding hydrogens is 290 g/mol. The summed E-state index contributed by atoms with van der Waals surface area (Å²) in [5.74, 6) is 0.295. The number of carbonyl (C=O) groups excluding carboxylic acids is 1. The minimum absolute atomic E-state index is 0.295. The molecule has 3 rings (SSSR count). The lowest BCUT2D eigenvalue weighted by Crippen LogP contribution is -2.36. The van der Waals surface area contributed by atoms with Crippen LogP contribution in [0.2, 0.25) is 0 Å². The van der Waals surface area contributed by atoms with Crippen molar-refractivity contribution in [3.63, 3.8) is 0 Å². The monoisotopic (exact) mass is 313 g/mol. The Morgan fingerprint density at radius 2 is 2.22 bits per heavy atom. The third-order valence-corrected chi connectivity index (χ3v) is 4.21. The molecule has 23 heavy (non-hydrogen) atoms. The molecule has 1 amide bonds. The number of hydrogen-bond donors (Lipinski definition) is 2. The molecule has 0 aliphatic carbocycles. The molecule has 0 unspecified atom stereocenters. The summed E-state index contributed by atoms with van der Waals surface area (Å²) in [6, 6.07) is 3.93. The van der Waals surface area contributed by atoms with Crippen molar-refractivity contribution < 1.29 is 4.79 Å². The number of amides is 1. The normalized spacial score (nSPS) is 15.7. The Morgan fingerprint density at radius 3 is 3.09 bits per heavy atom. The number of likely N-dealkylation sites (tertiary alicyclic amines) is 1. The molecule has 0 aromatic carbocycles. The van der Waals surface area contributed by atoms with E-state index < -0.39 is 0 Å². The Hall–Kier alpha value is -2.21. The van der Waals surface area contributed by atoms with Gasteiger partial charge in [0.05, 0.1) is 11.9 Å². The summed E-state index contributed by atoms with van der Waals surface area (Å²) in [5, 5.41) is 10.6. The molecule has 2 aromatic heterocycles. The molecular formula is C17H23N5O. The molecule has 2 aromatic rings. The Labute approximate surface area is 136 Å². The highest BCUT2D eigenvalue weighted by Gasteiger charge is 2.15. The summed E-state index contributed by atoms with van der Waals surface area (Å²) in [6.07, 6.45) is 9.45. The van der Waals surface area contributed by atoms with Crippen LogP contribution < -0.4 is 5.32 Å². The maximum Gasteiger partial charge on any atom is 0.222 e. The largest absolute Gasteiger partial charge is 0.341 e. The summed E-state index contributed by atoms with van der Waals surface area (Å²) in [5.41, 5.74) is 3.14. The number of H-pyrrole nitrogens is 1. The van der Waals surface area contributed by atoms with Crippen LogP contribution in [0.3, 0.4) is 0 Å².